The Bertz CT molecular complexity index is 520. The first-order chi connectivity index (χ1) is 8.01. The van der Waals surface area contributed by atoms with Crippen molar-refractivity contribution < 1.29 is 4.79 Å². The van der Waals surface area contributed by atoms with E-state index in [-0.39, 0.29) is 5.78 Å². The summed E-state index contributed by atoms with van der Waals surface area (Å²) in [4.78, 5) is 10.9. The normalized spacial score (nSPS) is 14.3. The van der Waals surface area contributed by atoms with Crippen LogP contribution in [0.4, 0.5) is 0 Å². The van der Waals surface area contributed by atoms with Gasteiger partial charge in [-0.1, -0.05) is 28.4 Å². The molecule has 0 aliphatic heterocycles. The minimum absolute atomic E-state index is 0.263. The SMILES string of the molecule is CC(Cl)(C(=O)c1ccc(Cl)cc1)n1ccnn1. The van der Waals surface area contributed by atoms with E-state index >= 15 is 0 Å². The lowest BCUT2D eigenvalue weighted by Gasteiger charge is -2.20. The summed E-state index contributed by atoms with van der Waals surface area (Å²) in [5.74, 6) is -0.263. The quantitative estimate of drug-likeness (QED) is 0.636. The van der Waals surface area contributed by atoms with E-state index in [1.165, 1.54) is 10.9 Å². The molecule has 2 aromatic rings. The van der Waals surface area contributed by atoms with Crippen molar-refractivity contribution in [3.63, 3.8) is 0 Å². The number of rotatable bonds is 3. The summed E-state index contributed by atoms with van der Waals surface area (Å²) in [6.07, 6.45) is 3.01. The maximum Gasteiger partial charge on any atom is 0.205 e. The van der Waals surface area contributed by atoms with E-state index in [1.54, 1.807) is 37.4 Å². The molecule has 0 N–H and O–H groups in total. The number of benzene rings is 1. The van der Waals surface area contributed by atoms with Crippen molar-refractivity contribution in [1.82, 2.24) is 15.0 Å². The zero-order valence-electron chi connectivity index (χ0n) is 8.97. The van der Waals surface area contributed by atoms with Gasteiger partial charge < -0.3 is 0 Å². The number of Topliss-reactive ketones (excluding diaryl/α,β-unsaturated/α-hetero) is 1. The van der Waals surface area contributed by atoms with Crippen molar-refractivity contribution in [2.24, 2.45) is 0 Å². The van der Waals surface area contributed by atoms with E-state index in [0.717, 1.165) is 0 Å². The molecule has 0 aliphatic rings. The second-order valence-electron chi connectivity index (χ2n) is 3.64. The fourth-order valence-corrected chi connectivity index (χ4v) is 1.73. The monoisotopic (exact) mass is 269 g/mol. The molecule has 0 fully saturated rings. The van der Waals surface area contributed by atoms with Gasteiger partial charge in [0.15, 0.2) is 5.00 Å². The van der Waals surface area contributed by atoms with E-state index in [4.69, 9.17) is 23.2 Å². The van der Waals surface area contributed by atoms with Gasteiger partial charge in [-0.25, -0.2) is 4.68 Å². The lowest BCUT2D eigenvalue weighted by molar-refractivity contribution is 0.0894. The summed E-state index contributed by atoms with van der Waals surface area (Å²) >= 11 is 12.0. The van der Waals surface area contributed by atoms with Crippen molar-refractivity contribution in [3.05, 3.63) is 47.2 Å². The van der Waals surface area contributed by atoms with E-state index in [2.05, 4.69) is 10.3 Å². The molecule has 6 heteroatoms. The third-order valence-electron chi connectivity index (χ3n) is 2.37. The second kappa shape index (κ2) is 4.47. The van der Waals surface area contributed by atoms with Crippen molar-refractivity contribution >= 4 is 29.0 Å². The Balaban J connectivity index is 2.34. The van der Waals surface area contributed by atoms with Crippen LogP contribution in [-0.2, 0) is 5.00 Å². The average Bonchev–Trinajstić information content (AvgIpc) is 2.83. The Hall–Kier alpha value is -1.39. The molecule has 0 amide bonds. The Kier molecular flexibility index (Phi) is 3.17. The molecule has 1 aromatic carbocycles. The number of carbonyl (C=O) groups excluding carboxylic acids is 1. The summed E-state index contributed by atoms with van der Waals surface area (Å²) in [5, 5.41) is 7.94. The van der Waals surface area contributed by atoms with Gasteiger partial charge in [-0.15, -0.1) is 5.10 Å². The van der Waals surface area contributed by atoms with Crippen LogP contribution < -0.4 is 0 Å². The van der Waals surface area contributed by atoms with Crippen LogP contribution in [0.5, 0.6) is 0 Å². The smallest absolute Gasteiger partial charge is 0.205 e. The van der Waals surface area contributed by atoms with Gasteiger partial charge in [-0.2, -0.15) is 0 Å². The van der Waals surface area contributed by atoms with Crippen LogP contribution in [0.2, 0.25) is 5.02 Å². The van der Waals surface area contributed by atoms with E-state index in [1.807, 2.05) is 0 Å². The number of hydrogen-bond donors (Lipinski definition) is 0. The summed E-state index contributed by atoms with van der Waals surface area (Å²) in [6, 6.07) is 6.54. The fraction of sp³-hybridized carbons (Fsp3) is 0.182. The average molecular weight is 270 g/mol. The van der Waals surface area contributed by atoms with Crippen LogP contribution in [0.1, 0.15) is 17.3 Å². The van der Waals surface area contributed by atoms with Crippen LogP contribution in [0, 0.1) is 0 Å². The molecule has 0 spiro atoms. The largest absolute Gasteiger partial charge is 0.290 e. The van der Waals surface area contributed by atoms with E-state index in [9.17, 15) is 4.79 Å². The van der Waals surface area contributed by atoms with Crippen molar-refractivity contribution in [3.8, 4) is 0 Å². The zero-order valence-corrected chi connectivity index (χ0v) is 10.5. The summed E-state index contributed by atoms with van der Waals surface area (Å²) < 4.78 is 1.31. The van der Waals surface area contributed by atoms with Gasteiger partial charge in [0.05, 0.1) is 6.20 Å². The first-order valence-corrected chi connectivity index (χ1v) is 5.63. The molecule has 2 rings (SSSR count). The Morgan fingerprint density at radius 2 is 2.00 bits per heavy atom. The van der Waals surface area contributed by atoms with Gasteiger partial charge in [0, 0.05) is 16.8 Å². The van der Waals surface area contributed by atoms with Gasteiger partial charge >= 0.3 is 0 Å². The second-order valence-corrected chi connectivity index (χ2v) is 4.81. The number of nitrogens with zero attached hydrogens (tertiary/aromatic N) is 3. The summed E-state index contributed by atoms with van der Waals surface area (Å²) in [5.41, 5.74) is 0.474. The van der Waals surface area contributed by atoms with Crippen LogP contribution in [0.25, 0.3) is 0 Å². The lowest BCUT2D eigenvalue weighted by atomic mass is 10.1. The highest BCUT2D eigenvalue weighted by molar-refractivity contribution is 6.35. The van der Waals surface area contributed by atoms with Crippen molar-refractivity contribution in [2.45, 2.75) is 11.9 Å². The van der Waals surface area contributed by atoms with Gasteiger partial charge in [-0.3, -0.25) is 4.79 Å². The summed E-state index contributed by atoms with van der Waals surface area (Å²) in [7, 11) is 0. The molecule has 1 heterocycles. The molecule has 0 saturated heterocycles. The first kappa shape index (κ1) is 12.1. The highest BCUT2D eigenvalue weighted by atomic mass is 35.5. The van der Waals surface area contributed by atoms with Crippen LogP contribution in [-0.4, -0.2) is 20.8 Å². The van der Waals surface area contributed by atoms with Crippen LogP contribution in [0.15, 0.2) is 36.7 Å². The molecule has 1 atom stereocenters. The fourth-order valence-electron chi connectivity index (χ4n) is 1.40. The number of aromatic nitrogens is 3. The number of carbonyl (C=O) groups is 1. The van der Waals surface area contributed by atoms with E-state index in [0.29, 0.717) is 10.6 Å². The van der Waals surface area contributed by atoms with E-state index < -0.39 is 5.00 Å². The Morgan fingerprint density at radius 3 is 2.53 bits per heavy atom. The minimum Gasteiger partial charge on any atom is -0.290 e. The molecular weight excluding hydrogens is 261 g/mol. The predicted octanol–water partition coefficient (Wildman–Crippen LogP) is 2.73. The third kappa shape index (κ3) is 2.33. The molecule has 4 nitrogen and oxygen atoms in total. The molecule has 0 radical (unpaired) electrons. The number of halogens is 2. The number of ketones is 1. The summed E-state index contributed by atoms with van der Waals surface area (Å²) in [6.45, 7) is 1.57. The van der Waals surface area contributed by atoms with Gasteiger partial charge in [0.1, 0.15) is 0 Å². The first-order valence-electron chi connectivity index (χ1n) is 4.88. The molecule has 1 aromatic heterocycles. The highest BCUT2D eigenvalue weighted by Gasteiger charge is 2.34. The van der Waals surface area contributed by atoms with Crippen LogP contribution in [0.3, 0.4) is 0 Å². The van der Waals surface area contributed by atoms with Crippen LogP contribution >= 0.6 is 23.2 Å². The topological polar surface area (TPSA) is 47.8 Å². The van der Waals surface area contributed by atoms with Crippen molar-refractivity contribution in [1.29, 1.82) is 0 Å². The van der Waals surface area contributed by atoms with Crippen molar-refractivity contribution in [2.75, 3.05) is 0 Å². The standard InChI is InChI=1S/C11H9Cl2N3O/c1-11(13,16-7-6-14-15-16)10(17)8-2-4-9(12)5-3-8/h2-7H,1H3. The molecular formula is C11H9Cl2N3O. The molecule has 88 valence electrons. The zero-order chi connectivity index (χ0) is 12.5. The molecule has 0 bridgehead atoms. The highest BCUT2D eigenvalue weighted by Crippen LogP contribution is 2.25. The molecule has 0 aliphatic carbocycles. The van der Waals surface area contributed by atoms with Gasteiger partial charge in [0.25, 0.3) is 0 Å². The molecule has 17 heavy (non-hydrogen) atoms. The molecule has 0 saturated carbocycles. The van der Waals surface area contributed by atoms with Gasteiger partial charge in [0.2, 0.25) is 5.78 Å². The number of alkyl halides is 1. The van der Waals surface area contributed by atoms with Gasteiger partial charge in [-0.05, 0) is 31.2 Å². The molecule has 1 unspecified atom stereocenters. The maximum absolute atomic E-state index is 12.2. The lowest BCUT2D eigenvalue weighted by Crippen LogP contribution is -2.34. The maximum atomic E-state index is 12.2. The predicted molar refractivity (Wildman–Crippen MR) is 65.3 cm³/mol. The minimum atomic E-state index is -1.29. The Morgan fingerprint density at radius 1 is 1.35 bits per heavy atom. The number of hydrogen-bond acceptors (Lipinski definition) is 3. The Labute approximate surface area is 108 Å². The third-order valence-corrected chi connectivity index (χ3v) is 2.97.